The van der Waals surface area contributed by atoms with Gasteiger partial charge in [0.15, 0.2) is 0 Å². The molecule has 4 heteroatoms. The average Bonchev–Trinajstić information content (AvgIpc) is 2.64. The molecule has 0 amide bonds. The molecule has 1 fully saturated rings. The Kier molecular flexibility index (Phi) is 2.91. The first-order valence-electron chi connectivity index (χ1n) is 4.67. The highest BCUT2D eigenvalue weighted by Crippen LogP contribution is 2.20. The van der Waals surface area contributed by atoms with Gasteiger partial charge in [0.1, 0.15) is 0 Å². The quantitative estimate of drug-likeness (QED) is 0.763. The second-order valence-corrected chi connectivity index (χ2v) is 3.83. The number of halogens is 1. The summed E-state index contributed by atoms with van der Waals surface area (Å²) in [7, 11) is 0. The Bertz CT molecular complexity index is 324. The Hall–Kier alpha value is -0.770. The van der Waals surface area contributed by atoms with E-state index in [1.807, 2.05) is 17.2 Å². The van der Waals surface area contributed by atoms with E-state index in [0.29, 0.717) is 11.6 Å². The number of anilines is 1. The lowest BCUT2D eigenvalue weighted by Crippen LogP contribution is -2.17. The van der Waals surface area contributed by atoms with E-state index < -0.39 is 0 Å². The van der Waals surface area contributed by atoms with Crippen LogP contribution in [0.15, 0.2) is 18.2 Å². The van der Waals surface area contributed by atoms with Crippen molar-refractivity contribution in [3.05, 3.63) is 28.8 Å². The molecular weight excluding hydrogens is 200 g/mol. The fourth-order valence-electron chi connectivity index (χ4n) is 1.53. The molecule has 0 bridgehead atoms. The molecule has 0 saturated carbocycles. The SMILES string of the molecule is Nc1ccc(Cl)cc1CN1CCCO1. The van der Waals surface area contributed by atoms with Crippen molar-refractivity contribution in [3.63, 3.8) is 0 Å². The molecule has 0 aliphatic carbocycles. The van der Waals surface area contributed by atoms with Crippen LogP contribution in [0.25, 0.3) is 0 Å². The van der Waals surface area contributed by atoms with Gasteiger partial charge in [0.25, 0.3) is 0 Å². The molecule has 1 saturated heterocycles. The maximum Gasteiger partial charge on any atom is 0.0698 e. The van der Waals surface area contributed by atoms with E-state index in [1.54, 1.807) is 6.07 Å². The van der Waals surface area contributed by atoms with Gasteiger partial charge in [-0.1, -0.05) is 11.6 Å². The zero-order valence-corrected chi connectivity index (χ0v) is 8.63. The minimum absolute atomic E-state index is 0.715. The van der Waals surface area contributed by atoms with E-state index in [9.17, 15) is 0 Å². The first kappa shape index (κ1) is 9.77. The molecule has 0 aromatic heterocycles. The van der Waals surface area contributed by atoms with E-state index in [2.05, 4.69) is 0 Å². The van der Waals surface area contributed by atoms with Crippen LogP contribution in [-0.4, -0.2) is 18.2 Å². The number of hydrogen-bond acceptors (Lipinski definition) is 3. The van der Waals surface area contributed by atoms with Gasteiger partial charge in [-0.25, -0.2) is 0 Å². The largest absolute Gasteiger partial charge is 0.398 e. The molecule has 14 heavy (non-hydrogen) atoms. The standard InChI is InChI=1S/C10H13ClN2O/c11-9-2-3-10(12)8(6-9)7-13-4-1-5-14-13/h2-3,6H,1,4-5,7,12H2. The molecule has 0 spiro atoms. The second-order valence-electron chi connectivity index (χ2n) is 3.39. The van der Waals surface area contributed by atoms with E-state index in [-0.39, 0.29) is 0 Å². The Balaban J connectivity index is 2.10. The number of hydroxylamine groups is 2. The predicted molar refractivity (Wildman–Crippen MR) is 56.8 cm³/mol. The lowest BCUT2D eigenvalue weighted by atomic mass is 10.2. The minimum atomic E-state index is 0.715. The molecule has 1 aliphatic heterocycles. The molecule has 0 atom stereocenters. The fraction of sp³-hybridized carbons (Fsp3) is 0.400. The second kappa shape index (κ2) is 4.17. The van der Waals surface area contributed by atoms with Gasteiger partial charge in [-0.2, -0.15) is 5.06 Å². The summed E-state index contributed by atoms with van der Waals surface area (Å²) in [5.41, 5.74) is 7.62. The van der Waals surface area contributed by atoms with Crippen molar-refractivity contribution in [1.29, 1.82) is 0 Å². The van der Waals surface area contributed by atoms with Gasteiger partial charge in [0.05, 0.1) is 13.2 Å². The van der Waals surface area contributed by atoms with Gasteiger partial charge in [-0.3, -0.25) is 4.84 Å². The monoisotopic (exact) mass is 212 g/mol. The summed E-state index contributed by atoms with van der Waals surface area (Å²) in [4.78, 5) is 5.39. The van der Waals surface area contributed by atoms with E-state index in [1.165, 1.54) is 0 Å². The lowest BCUT2D eigenvalue weighted by molar-refractivity contribution is -0.117. The molecule has 0 radical (unpaired) electrons. The fourth-order valence-corrected chi connectivity index (χ4v) is 1.72. The number of nitrogen functional groups attached to an aromatic ring is 1. The molecule has 2 N–H and O–H groups in total. The highest BCUT2D eigenvalue weighted by Gasteiger charge is 2.13. The van der Waals surface area contributed by atoms with Crippen molar-refractivity contribution in [2.45, 2.75) is 13.0 Å². The Morgan fingerprint density at radius 2 is 2.36 bits per heavy atom. The molecule has 3 nitrogen and oxygen atoms in total. The molecular formula is C10H13ClN2O. The van der Waals surface area contributed by atoms with Crippen molar-refractivity contribution in [3.8, 4) is 0 Å². The molecule has 1 aliphatic rings. The summed E-state index contributed by atoms with van der Waals surface area (Å²) in [6.07, 6.45) is 1.08. The average molecular weight is 213 g/mol. The maximum absolute atomic E-state index is 5.89. The third-order valence-electron chi connectivity index (χ3n) is 2.28. The number of nitrogens with two attached hydrogens (primary N) is 1. The lowest BCUT2D eigenvalue weighted by Gasteiger charge is -2.15. The number of rotatable bonds is 2. The zero-order valence-electron chi connectivity index (χ0n) is 7.87. The normalized spacial score (nSPS) is 17.5. The number of hydrogen-bond donors (Lipinski definition) is 1. The number of nitrogens with zero attached hydrogens (tertiary/aromatic N) is 1. The van der Waals surface area contributed by atoms with E-state index in [0.717, 1.165) is 30.8 Å². The van der Waals surface area contributed by atoms with Crippen molar-refractivity contribution in [2.24, 2.45) is 0 Å². The van der Waals surface area contributed by atoms with Crippen molar-refractivity contribution in [2.75, 3.05) is 18.9 Å². The van der Waals surface area contributed by atoms with Crippen LogP contribution in [0.1, 0.15) is 12.0 Å². The zero-order chi connectivity index (χ0) is 9.97. The van der Waals surface area contributed by atoms with Crippen LogP contribution in [0, 0.1) is 0 Å². The minimum Gasteiger partial charge on any atom is -0.398 e. The van der Waals surface area contributed by atoms with Crippen molar-refractivity contribution in [1.82, 2.24) is 5.06 Å². The summed E-state index contributed by atoms with van der Waals surface area (Å²) in [6, 6.07) is 5.51. The molecule has 2 rings (SSSR count). The van der Waals surface area contributed by atoms with Gasteiger partial charge < -0.3 is 5.73 Å². The smallest absolute Gasteiger partial charge is 0.0698 e. The Labute approximate surface area is 88.4 Å². The van der Waals surface area contributed by atoms with Crippen LogP contribution in [0.2, 0.25) is 5.02 Å². The van der Waals surface area contributed by atoms with Gasteiger partial charge in [0, 0.05) is 17.3 Å². The van der Waals surface area contributed by atoms with Crippen LogP contribution in [0.4, 0.5) is 5.69 Å². The Morgan fingerprint density at radius 1 is 1.50 bits per heavy atom. The highest BCUT2D eigenvalue weighted by atomic mass is 35.5. The molecule has 1 aromatic rings. The summed E-state index contributed by atoms with van der Waals surface area (Å²) in [5.74, 6) is 0. The van der Waals surface area contributed by atoms with Crippen LogP contribution < -0.4 is 5.73 Å². The van der Waals surface area contributed by atoms with Crippen LogP contribution in [-0.2, 0) is 11.4 Å². The van der Waals surface area contributed by atoms with Crippen LogP contribution in [0.5, 0.6) is 0 Å². The van der Waals surface area contributed by atoms with Gasteiger partial charge in [-0.15, -0.1) is 0 Å². The summed E-state index contributed by atoms with van der Waals surface area (Å²) in [5, 5.41) is 2.63. The summed E-state index contributed by atoms with van der Waals surface area (Å²) < 4.78 is 0. The van der Waals surface area contributed by atoms with Crippen molar-refractivity contribution >= 4 is 17.3 Å². The first-order valence-corrected chi connectivity index (χ1v) is 5.05. The first-order chi connectivity index (χ1) is 6.75. The third-order valence-corrected chi connectivity index (χ3v) is 2.51. The van der Waals surface area contributed by atoms with Gasteiger partial charge >= 0.3 is 0 Å². The molecule has 0 unspecified atom stereocenters. The third kappa shape index (κ3) is 2.18. The van der Waals surface area contributed by atoms with E-state index >= 15 is 0 Å². The van der Waals surface area contributed by atoms with Gasteiger partial charge in [0.2, 0.25) is 0 Å². The summed E-state index contributed by atoms with van der Waals surface area (Å²) in [6.45, 7) is 2.48. The number of benzene rings is 1. The Morgan fingerprint density at radius 3 is 3.07 bits per heavy atom. The summed E-state index contributed by atoms with van der Waals surface area (Å²) >= 11 is 5.89. The van der Waals surface area contributed by atoms with Crippen molar-refractivity contribution < 1.29 is 4.84 Å². The van der Waals surface area contributed by atoms with Crippen LogP contribution >= 0.6 is 11.6 Å². The van der Waals surface area contributed by atoms with Crippen LogP contribution in [0.3, 0.4) is 0 Å². The predicted octanol–water partition coefficient (Wildman–Crippen LogP) is 2.06. The molecule has 1 aromatic carbocycles. The molecule has 1 heterocycles. The molecule has 76 valence electrons. The van der Waals surface area contributed by atoms with Gasteiger partial charge in [-0.05, 0) is 30.2 Å². The topological polar surface area (TPSA) is 38.5 Å². The highest BCUT2D eigenvalue weighted by molar-refractivity contribution is 6.30. The van der Waals surface area contributed by atoms with E-state index in [4.69, 9.17) is 22.2 Å². The maximum atomic E-state index is 5.89.